The summed E-state index contributed by atoms with van der Waals surface area (Å²) in [6, 6.07) is 4.91. The second-order valence-corrected chi connectivity index (χ2v) is 5.95. The summed E-state index contributed by atoms with van der Waals surface area (Å²) in [7, 11) is 0. The summed E-state index contributed by atoms with van der Waals surface area (Å²) in [5.41, 5.74) is 0.364. The van der Waals surface area contributed by atoms with Crippen LogP contribution in [0.2, 0.25) is 0 Å². The number of likely N-dealkylation sites (tertiary alicyclic amines) is 1. The SMILES string of the molecule is CCOC(=O)[C@H]1CCCN(CC(=O)Nc2ccc(OC(F)(F)F)cc2)C1. The Hall–Kier alpha value is -2.29. The molecule has 1 aliphatic rings. The van der Waals surface area contributed by atoms with E-state index in [9.17, 15) is 22.8 Å². The topological polar surface area (TPSA) is 67.9 Å². The molecule has 26 heavy (non-hydrogen) atoms. The van der Waals surface area contributed by atoms with E-state index in [4.69, 9.17) is 4.74 Å². The van der Waals surface area contributed by atoms with E-state index >= 15 is 0 Å². The standard InChI is InChI=1S/C17H21F3N2O4/c1-2-25-16(24)12-4-3-9-22(10-12)11-15(23)21-13-5-7-14(8-6-13)26-17(18,19)20/h5-8,12H,2-4,9-11H2,1H3,(H,21,23)/t12-/m0/s1. The number of carbonyl (C=O) groups excluding carboxylic acids is 2. The van der Waals surface area contributed by atoms with E-state index < -0.39 is 6.36 Å². The molecule has 0 radical (unpaired) electrons. The number of esters is 1. The number of hydrogen-bond acceptors (Lipinski definition) is 5. The second-order valence-electron chi connectivity index (χ2n) is 5.95. The number of halogens is 3. The molecule has 0 spiro atoms. The lowest BCUT2D eigenvalue weighted by Gasteiger charge is -2.30. The normalized spacial score (nSPS) is 18.2. The quantitative estimate of drug-likeness (QED) is 0.776. The Morgan fingerprint density at radius 1 is 1.27 bits per heavy atom. The average molecular weight is 374 g/mol. The zero-order valence-corrected chi connectivity index (χ0v) is 14.3. The van der Waals surface area contributed by atoms with Crippen LogP contribution in [0.5, 0.6) is 5.75 Å². The van der Waals surface area contributed by atoms with Crippen LogP contribution in [0.3, 0.4) is 0 Å². The van der Waals surface area contributed by atoms with Gasteiger partial charge in [0.2, 0.25) is 5.91 Å². The molecule has 0 unspecified atom stereocenters. The molecule has 0 aliphatic carbocycles. The van der Waals surface area contributed by atoms with Crippen molar-refractivity contribution >= 4 is 17.6 Å². The van der Waals surface area contributed by atoms with Crippen LogP contribution in [0.25, 0.3) is 0 Å². The van der Waals surface area contributed by atoms with Crippen LogP contribution in [0, 0.1) is 5.92 Å². The zero-order valence-electron chi connectivity index (χ0n) is 14.3. The van der Waals surface area contributed by atoms with Crippen LogP contribution >= 0.6 is 0 Å². The Bertz CT molecular complexity index is 619. The monoisotopic (exact) mass is 374 g/mol. The number of amides is 1. The van der Waals surface area contributed by atoms with Gasteiger partial charge in [0, 0.05) is 12.2 Å². The second kappa shape index (κ2) is 8.88. The van der Waals surface area contributed by atoms with Gasteiger partial charge in [-0.15, -0.1) is 13.2 Å². The minimum atomic E-state index is -4.76. The summed E-state index contributed by atoms with van der Waals surface area (Å²) in [6.45, 7) is 3.31. The lowest BCUT2D eigenvalue weighted by atomic mass is 9.98. The number of benzene rings is 1. The van der Waals surface area contributed by atoms with E-state index in [1.165, 1.54) is 12.1 Å². The first-order valence-electron chi connectivity index (χ1n) is 8.31. The maximum Gasteiger partial charge on any atom is 0.573 e. The Morgan fingerprint density at radius 3 is 2.58 bits per heavy atom. The molecular weight excluding hydrogens is 353 g/mol. The highest BCUT2D eigenvalue weighted by molar-refractivity contribution is 5.92. The minimum Gasteiger partial charge on any atom is -0.466 e. The first-order chi connectivity index (χ1) is 12.3. The van der Waals surface area contributed by atoms with Crippen LogP contribution in [0.15, 0.2) is 24.3 Å². The van der Waals surface area contributed by atoms with Crippen molar-refractivity contribution in [1.29, 1.82) is 0 Å². The molecule has 1 heterocycles. The lowest BCUT2D eigenvalue weighted by Crippen LogP contribution is -2.43. The van der Waals surface area contributed by atoms with Gasteiger partial charge in [0.15, 0.2) is 0 Å². The summed E-state index contributed by atoms with van der Waals surface area (Å²) in [5.74, 6) is -1.16. The fourth-order valence-electron chi connectivity index (χ4n) is 2.80. The molecule has 1 aromatic carbocycles. The molecule has 0 aromatic heterocycles. The number of piperidine rings is 1. The zero-order chi connectivity index (χ0) is 19.2. The third kappa shape index (κ3) is 6.55. The van der Waals surface area contributed by atoms with Gasteiger partial charge >= 0.3 is 12.3 Å². The number of rotatable bonds is 6. The van der Waals surface area contributed by atoms with Gasteiger partial charge in [0.1, 0.15) is 5.75 Å². The fraction of sp³-hybridized carbons (Fsp3) is 0.529. The molecule has 2 rings (SSSR count). The summed E-state index contributed by atoms with van der Waals surface area (Å²) in [4.78, 5) is 25.8. The molecule has 0 bridgehead atoms. The van der Waals surface area contributed by atoms with E-state index in [1.54, 1.807) is 6.92 Å². The van der Waals surface area contributed by atoms with E-state index in [0.29, 0.717) is 25.4 Å². The summed E-state index contributed by atoms with van der Waals surface area (Å²) in [6.07, 6.45) is -3.23. The summed E-state index contributed by atoms with van der Waals surface area (Å²) >= 11 is 0. The van der Waals surface area contributed by atoms with E-state index in [-0.39, 0.29) is 30.1 Å². The van der Waals surface area contributed by atoms with E-state index in [0.717, 1.165) is 25.0 Å². The van der Waals surface area contributed by atoms with Crippen molar-refractivity contribution in [3.8, 4) is 5.75 Å². The summed E-state index contributed by atoms with van der Waals surface area (Å²) < 4.78 is 45.1. The first kappa shape index (κ1) is 20.0. The molecule has 1 saturated heterocycles. The average Bonchev–Trinajstić information content (AvgIpc) is 2.56. The molecule has 1 fully saturated rings. The molecule has 6 nitrogen and oxygen atoms in total. The Labute approximate surface area is 149 Å². The molecule has 0 saturated carbocycles. The van der Waals surface area contributed by atoms with Gasteiger partial charge in [-0.2, -0.15) is 0 Å². The highest BCUT2D eigenvalue weighted by Crippen LogP contribution is 2.24. The third-order valence-corrected chi connectivity index (χ3v) is 3.86. The van der Waals surface area contributed by atoms with Crippen molar-refractivity contribution in [3.05, 3.63) is 24.3 Å². The molecule has 144 valence electrons. The lowest BCUT2D eigenvalue weighted by molar-refractivity contribution is -0.274. The molecular formula is C17H21F3N2O4. The Kier molecular flexibility index (Phi) is 6.84. The number of ether oxygens (including phenoxy) is 2. The highest BCUT2D eigenvalue weighted by Gasteiger charge is 2.31. The van der Waals surface area contributed by atoms with Crippen LogP contribution in [-0.4, -0.2) is 49.4 Å². The van der Waals surface area contributed by atoms with Gasteiger partial charge in [0.05, 0.1) is 19.1 Å². The number of anilines is 1. The predicted molar refractivity (Wildman–Crippen MR) is 87.6 cm³/mol. The van der Waals surface area contributed by atoms with Gasteiger partial charge in [-0.3, -0.25) is 14.5 Å². The number of hydrogen-bond donors (Lipinski definition) is 1. The van der Waals surface area contributed by atoms with Crippen LogP contribution in [-0.2, 0) is 14.3 Å². The number of carbonyl (C=O) groups is 2. The van der Waals surface area contributed by atoms with Gasteiger partial charge in [0.25, 0.3) is 0 Å². The minimum absolute atomic E-state index is 0.0940. The van der Waals surface area contributed by atoms with Crippen molar-refractivity contribution in [3.63, 3.8) is 0 Å². The molecule has 1 amide bonds. The molecule has 1 N–H and O–H groups in total. The van der Waals surface area contributed by atoms with Gasteiger partial charge in [-0.25, -0.2) is 0 Å². The van der Waals surface area contributed by atoms with E-state index in [2.05, 4.69) is 10.1 Å². The maximum absolute atomic E-state index is 12.1. The number of nitrogens with zero attached hydrogens (tertiary/aromatic N) is 1. The molecule has 1 aromatic rings. The van der Waals surface area contributed by atoms with E-state index in [1.807, 2.05) is 4.90 Å². The molecule has 1 atom stereocenters. The third-order valence-electron chi connectivity index (χ3n) is 3.86. The predicted octanol–water partition coefficient (Wildman–Crippen LogP) is 2.80. The summed E-state index contributed by atoms with van der Waals surface area (Å²) in [5, 5.41) is 2.61. The smallest absolute Gasteiger partial charge is 0.466 e. The first-order valence-corrected chi connectivity index (χ1v) is 8.31. The Balaban J connectivity index is 1.83. The van der Waals surface area contributed by atoms with Crippen LogP contribution in [0.1, 0.15) is 19.8 Å². The van der Waals surface area contributed by atoms with Crippen molar-refractivity contribution in [2.45, 2.75) is 26.1 Å². The maximum atomic E-state index is 12.1. The van der Waals surface area contributed by atoms with Crippen molar-refractivity contribution in [2.24, 2.45) is 5.92 Å². The highest BCUT2D eigenvalue weighted by atomic mass is 19.4. The van der Waals surface area contributed by atoms with Crippen LogP contribution < -0.4 is 10.1 Å². The fourth-order valence-corrected chi connectivity index (χ4v) is 2.80. The number of alkyl halides is 3. The van der Waals surface area contributed by atoms with Crippen molar-refractivity contribution in [2.75, 3.05) is 31.6 Å². The van der Waals surface area contributed by atoms with Crippen molar-refractivity contribution < 1.29 is 32.2 Å². The van der Waals surface area contributed by atoms with Gasteiger partial charge in [-0.1, -0.05) is 0 Å². The Morgan fingerprint density at radius 2 is 1.96 bits per heavy atom. The largest absolute Gasteiger partial charge is 0.573 e. The van der Waals surface area contributed by atoms with Gasteiger partial charge in [-0.05, 0) is 50.6 Å². The molecule has 1 aliphatic heterocycles. The van der Waals surface area contributed by atoms with Gasteiger partial charge < -0.3 is 14.8 Å². The van der Waals surface area contributed by atoms with Crippen LogP contribution in [0.4, 0.5) is 18.9 Å². The molecule has 9 heteroatoms. The number of nitrogens with one attached hydrogen (secondary N) is 1. The van der Waals surface area contributed by atoms with Crippen molar-refractivity contribution in [1.82, 2.24) is 4.90 Å².